The van der Waals surface area contributed by atoms with Crippen molar-refractivity contribution < 1.29 is 0 Å². The molecule has 4 nitrogen and oxygen atoms in total. The summed E-state index contributed by atoms with van der Waals surface area (Å²) < 4.78 is 1.98. The number of pyridine rings is 1. The summed E-state index contributed by atoms with van der Waals surface area (Å²) in [6.45, 7) is 2.99. The Morgan fingerprint density at radius 2 is 1.76 bits per heavy atom. The van der Waals surface area contributed by atoms with Gasteiger partial charge < -0.3 is 5.32 Å². The van der Waals surface area contributed by atoms with Gasteiger partial charge in [-0.05, 0) is 42.4 Å². The van der Waals surface area contributed by atoms with Crippen molar-refractivity contribution in [2.75, 3.05) is 6.54 Å². The topological polar surface area (TPSA) is 42.7 Å². The minimum atomic E-state index is 0.0979. The van der Waals surface area contributed by atoms with Crippen molar-refractivity contribution in [1.82, 2.24) is 20.1 Å². The van der Waals surface area contributed by atoms with Crippen molar-refractivity contribution in [3.8, 4) is 5.69 Å². The number of benzene rings is 1. The highest BCUT2D eigenvalue weighted by Crippen LogP contribution is 2.23. The summed E-state index contributed by atoms with van der Waals surface area (Å²) >= 11 is 0. The van der Waals surface area contributed by atoms with E-state index in [0.717, 1.165) is 17.9 Å². The molecule has 3 aromatic rings. The third-order valence-corrected chi connectivity index (χ3v) is 3.42. The third kappa shape index (κ3) is 2.85. The summed E-state index contributed by atoms with van der Waals surface area (Å²) in [6.07, 6.45) is 5.49. The molecule has 0 aliphatic carbocycles. The molecule has 1 N–H and O–H groups in total. The van der Waals surface area contributed by atoms with Crippen molar-refractivity contribution in [1.29, 1.82) is 0 Å². The van der Waals surface area contributed by atoms with Crippen molar-refractivity contribution in [2.45, 2.75) is 13.0 Å². The predicted molar refractivity (Wildman–Crippen MR) is 83.3 cm³/mol. The summed E-state index contributed by atoms with van der Waals surface area (Å²) in [7, 11) is 0. The quantitative estimate of drug-likeness (QED) is 0.780. The minimum Gasteiger partial charge on any atom is -0.305 e. The van der Waals surface area contributed by atoms with E-state index in [4.69, 9.17) is 0 Å². The van der Waals surface area contributed by atoms with Crippen LogP contribution in [0.3, 0.4) is 0 Å². The fourth-order valence-electron chi connectivity index (χ4n) is 2.47. The SMILES string of the molecule is CCNC(c1ccncc1)c1ccnn1-c1ccccc1. The number of rotatable bonds is 5. The third-order valence-electron chi connectivity index (χ3n) is 3.42. The molecule has 21 heavy (non-hydrogen) atoms. The molecule has 0 aliphatic rings. The van der Waals surface area contributed by atoms with Crippen LogP contribution in [0.1, 0.15) is 24.2 Å². The van der Waals surface area contributed by atoms with Gasteiger partial charge in [0.1, 0.15) is 0 Å². The van der Waals surface area contributed by atoms with Gasteiger partial charge in [0.2, 0.25) is 0 Å². The van der Waals surface area contributed by atoms with Crippen LogP contribution in [0.25, 0.3) is 5.69 Å². The largest absolute Gasteiger partial charge is 0.305 e. The van der Waals surface area contributed by atoms with Gasteiger partial charge in [-0.3, -0.25) is 4.98 Å². The zero-order chi connectivity index (χ0) is 14.5. The molecule has 3 rings (SSSR count). The summed E-state index contributed by atoms with van der Waals surface area (Å²) in [4.78, 5) is 4.10. The molecule has 2 aromatic heterocycles. The van der Waals surface area contributed by atoms with Crippen LogP contribution in [0.5, 0.6) is 0 Å². The molecule has 1 atom stereocenters. The second-order valence-electron chi connectivity index (χ2n) is 4.77. The number of aromatic nitrogens is 3. The van der Waals surface area contributed by atoms with Gasteiger partial charge in [-0.1, -0.05) is 25.1 Å². The van der Waals surface area contributed by atoms with E-state index in [2.05, 4.69) is 40.5 Å². The highest BCUT2D eigenvalue weighted by molar-refractivity contribution is 5.36. The average Bonchev–Trinajstić information content (AvgIpc) is 3.03. The van der Waals surface area contributed by atoms with Gasteiger partial charge in [0.15, 0.2) is 0 Å². The monoisotopic (exact) mass is 278 g/mol. The van der Waals surface area contributed by atoms with Gasteiger partial charge in [0, 0.05) is 18.6 Å². The van der Waals surface area contributed by atoms with E-state index in [-0.39, 0.29) is 6.04 Å². The molecule has 0 spiro atoms. The molecule has 4 heteroatoms. The fraction of sp³-hybridized carbons (Fsp3) is 0.176. The first kappa shape index (κ1) is 13.5. The van der Waals surface area contributed by atoms with Crippen LogP contribution >= 0.6 is 0 Å². The molecule has 2 heterocycles. The van der Waals surface area contributed by atoms with E-state index in [1.807, 2.05) is 53.6 Å². The van der Waals surface area contributed by atoms with Gasteiger partial charge in [0.25, 0.3) is 0 Å². The molecule has 0 saturated carbocycles. The molecule has 0 radical (unpaired) electrons. The second-order valence-corrected chi connectivity index (χ2v) is 4.77. The maximum Gasteiger partial charge on any atom is 0.0753 e. The van der Waals surface area contributed by atoms with E-state index in [1.54, 1.807) is 0 Å². The molecule has 0 aliphatic heterocycles. The fourth-order valence-corrected chi connectivity index (χ4v) is 2.47. The van der Waals surface area contributed by atoms with Gasteiger partial charge in [-0.2, -0.15) is 5.10 Å². The molecular formula is C17H18N4. The van der Waals surface area contributed by atoms with E-state index in [1.165, 1.54) is 5.56 Å². The standard InChI is InChI=1S/C17H18N4/c1-2-19-17(14-8-11-18-12-9-14)16-10-13-20-21(16)15-6-4-3-5-7-15/h3-13,17,19H,2H2,1H3. The van der Waals surface area contributed by atoms with Crippen molar-refractivity contribution >= 4 is 0 Å². The van der Waals surface area contributed by atoms with Crippen molar-refractivity contribution in [3.05, 3.63) is 78.4 Å². The van der Waals surface area contributed by atoms with Crippen LogP contribution in [0.4, 0.5) is 0 Å². The Hall–Kier alpha value is -2.46. The Balaban J connectivity index is 2.04. The number of nitrogens with zero attached hydrogens (tertiary/aromatic N) is 3. The Morgan fingerprint density at radius 3 is 2.48 bits per heavy atom. The number of hydrogen-bond donors (Lipinski definition) is 1. The molecular weight excluding hydrogens is 260 g/mol. The van der Waals surface area contributed by atoms with Crippen molar-refractivity contribution in [2.24, 2.45) is 0 Å². The Morgan fingerprint density at radius 1 is 1.00 bits per heavy atom. The van der Waals surface area contributed by atoms with Gasteiger partial charge in [-0.15, -0.1) is 0 Å². The number of nitrogens with one attached hydrogen (secondary N) is 1. The molecule has 0 saturated heterocycles. The molecule has 1 unspecified atom stereocenters. The van der Waals surface area contributed by atoms with Crippen LogP contribution in [-0.2, 0) is 0 Å². The summed E-state index contributed by atoms with van der Waals surface area (Å²) in [5.74, 6) is 0. The lowest BCUT2D eigenvalue weighted by molar-refractivity contribution is 0.593. The number of para-hydroxylation sites is 1. The first-order chi connectivity index (χ1) is 10.4. The van der Waals surface area contributed by atoms with Crippen LogP contribution < -0.4 is 5.32 Å². The smallest absolute Gasteiger partial charge is 0.0753 e. The summed E-state index contributed by atoms with van der Waals surface area (Å²) in [5, 5.41) is 8.00. The van der Waals surface area contributed by atoms with E-state index >= 15 is 0 Å². The van der Waals surface area contributed by atoms with E-state index in [0.29, 0.717) is 0 Å². The van der Waals surface area contributed by atoms with Crippen LogP contribution in [0, 0.1) is 0 Å². The maximum absolute atomic E-state index is 4.48. The van der Waals surface area contributed by atoms with Crippen LogP contribution in [0.15, 0.2) is 67.1 Å². The Kier molecular flexibility index (Phi) is 4.07. The summed E-state index contributed by atoms with van der Waals surface area (Å²) in [6, 6.07) is 16.4. The predicted octanol–water partition coefficient (Wildman–Crippen LogP) is 2.97. The minimum absolute atomic E-state index is 0.0979. The summed E-state index contributed by atoms with van der Waals surface area (Å²) in [5.41, 5.74) is 3.37. The normalized spacial score (nSPS) is 12.2. The molecule has 106 valence electrons. The van der Waals surface area contributed by atoms with E-state index in [9.17, 15) is 0 Å². The molecule has 1 aromatic carbocycles. The lowest BCUT2D eigenvalue weighted by Gasteiger charge is -2.19. The second kappa shape index (κ2) is 6.33. The zero-order valence-electron chi connectivity index (χ0n) is 12.0. The lowest BCUT2D eigenvalue weighted by Crippen LogP contribution is -2.24. The highest BCUT2D eigenvalue weighted by atomic mass is 15.3. The molecule has 0 bridgehead atoms. The molecule has 0 fully saturated rings. The molecule has 0 amide bonds. The van der Waals surface area contributed by atoms with E-state index < -0.39 is 0 Å². The van der Waals surface area contributed by atoms with Gasteiger partial charge in [0.05, 0.1) is 17.4 Å². The first-order valence-corrected chi connectivity index (χ1v) is 7.13. The van der Waals surface area contributed by atoms with Crippen molar-refractivity contribution in [3.63, 3.8) is 0 Å². The average molecular weight is 278 g/mol. The van der Waals surface area contributed by atoms with Gasteiger partial charge in [-0.25, -0.2) is 4.68 Å². The lowest BCUT2D eigenvalue weighted by atomic mass is 10.0. The number of hydrogen-bond acceptors (Lipinski definition) is 3. The Bertz CT molecular complexity index is 676. The van der Waals surface area contributed by atoms with Crippen LogP contribution in [-0.4, -0.2) is 21.3 Å². The first-order valence-electron chi connectivity index (χ1n) is 7.13. The maximum atomic E-state index is 4.48. The van der Waals surface area contributed by atoms with Gasteiger partial charge >= 0.3 is 0 Å². The zero-order valence-corrected chi connectivity index (χ0v) is 12.0. The van der Waals surface area contributed by atoms with Crippen LogP contribution in [0.2, 0.25) is 0 Å². The highest BCUT2D eigenvalue weighted by Gasteiger charge is 2.18. The Labute approximate surface area is 124 Å².